The third-order valence-electron chi connectivity index (χ3n) is 3.69. The lowest BCUT2D eigenvalue weighted by Crippen LogP contribution is -2.41. The monoisotopic (exact) mass is 266 g/mol. The highest BCUT2D eigenvalue weighted by Gasteiger charge is 2.23. The first kappa shape index (κ1) is 13.8. The fourth-order valence-electron chi connectivity index (χ4n) is 2.48. The van der Waals surface area contributed by atoms with Crippen LogP contribution in [0, 0.1) is 11.7 Å². The summed E-state index contributed by atoms with van der Waals surface area (Å²) in [5.74, 6) is -0.518. The number of rotatable bonds is 3. The summed E-state index contributed by atoms with van der Waals surface area (Å²) >= 11 is 0. The topological polar surface area (TPSA) is 51.2 Å². The third kappa shape index (κ3) is 3.22. The Labute approximate surface area is 112 Å². The lowest BCUT2D eigenvalue weighted by Gasteiger charge is -2.29. The Bertz CT molecular complexity index is 465. The van der Waals surface area contributed by atoms with Crippen molar-refractivity contribution in [1.29, 1.82) is 0 Å². The van der Waals surface area contributed by atoms with Crippen LogP contribution in [0.5, 0.6) is 5.88 Å². The van der Waals surface area contributed by atoms with E-state index < -0.39 is 5.82 Å². The molecule has 1 saturated carbocycles. The van der Waals surface area contributed by atoms with Crippen molar-refractivity contribution in [1.82, 2.24) is 10.3 Å². The Kier molecular flexibility index (Phi) is 4.35. The van der Waals surface area contributed by atoms with Crippen LogP contribution in [0.3, 0.4) is 0 Å². The highest BCUT2D eigenvalue weighted by atomic mass is 19.1. The van der Waals surface area contributed by atoms with Crippen LogP contribution in [0.15, 0.2) is 12.3 Å². The minimum Gasteiger partial charge on any atom is -0.479 e. The van der Waals surface area contributed by atoms with E-state index in [0.717, 1.165) is 25.3 Å². The molecule has 2 unspecified atom stereocenters. The maximum Gasteiger partial charge on any atom is 0.253 e. The van der Waals surface area contributed by atoms with Crippen LogP contribution in [0.25, 0.3) is 0 Å². The van der Waals surface area contributed by atoms with E-state index >= 15 is 0 Å². The average Bonchev–Trinajstić information content (AvgIpc) is 2.41. The maximum atomic E-state index is 13.5. The number of hydrogen-bond acceptors (Lipinski definition) is 3. The smallest absolute Gasteiger partial charge is 0.253 e. The van der Waals surface area contributed by atoms with Crippen molar-refractivity contribution in [3.63, 3.8) is 0 Å². The molecule has 0 aliphatic heterocycles. The van der Waals surface area contributed by atoms with Gasteiger partial charge in [0.15, 0.2) is 5.82 Å². The van der Waals surface area contributed by atoms with Crippen molar-refractivity contribution >= 4 is 5.91 Å². The van der Waals surface area contributed by atoms with Crippen LogP contribution in [-0.4, -0.2) is 24.0 Å². The average molecular weight is 266 g/mol. The molecule has 1 aromatic heterocycles. The Hall–Kier alpha value is -1.65. The van der Waals surface area contributed by atoms with E-state index in [9.17, 15) is 9.18 Å². The summed E-state index contributed by atoms with van der Waals surface area (Å²) in [5, 5.41) is 2.96. The Morgan fingerprint density at radius 1 is 1.47 bits per heavy atom. The fourth-order valence-corrected chi connectivity index (χ4v) is 2.48. The molecule has 0 radical (unpaired) electrons. The van der Waals surface area contributed by atoms with Gasteiger partial charge in [0.05, 0.1) is 12.7 Å². The van der Waals surface area contributed by atoms with Crippen molar-refractivity contribution < 1.29 is 13.9 Å². The van der Waals surface area contributed by atoms with Gasteiger partial charge in [0.25, 0.3) is 5.91 Å². The van der Waals surface area contributed by atoms with Crippen LogP contribution in [0.4, 0.5) is 4.39 Å². The number of halogens is 1. The summed E-state index contributed by atoms with van der Waals surface area (Å²) < 4.78 is 18.2. The molecule has 1 heterocycles. The number of methoxy groups -OCH3 is 1. The van der Waals surface area contributed by atoms with Gasteiger partial charge in [-0.05, 0) is 24.8 Å². The number of carbonyl (C=O) groups excluding carboxylic acids is 1. The molecule has 1 amide bonds. The van der Waals surface area contributed by atoms with Crippen molar-refractivity contribution in [2.75, 3.05) is 7.11 Å². The van der Waals surface area contributed by atoms with Crippen molar-refractivity contribution in [3.8, 4) is 5.88 Å². The lowest BCUT2D eigenvalue weighted by molar-refractivity contribution is 0.0909. The zero-order chi connectivity index (χ0) is 13.8. The highest BCUT2D eigenvalue weighted by Crippen LogP contribution is 2.24. The van der Waals surface area contributed by atoms with E-state index in [4.69, 9.17) is 4.74 Å². The first-order chi connectivity index (χ1) is 9.11. The second kappa shape index (κ2) is 5.99. The molecule has 2 atom stereocenters. The van der Waals surface area contributed by atoms with Crippen molar-refractivity contribution in [2.45, 2.75) is 38.6 Å². The van der Waals surface area contributed by atoms with E-state index in [0.29, 0.717) is 5.92 Å². The van der Waals surface area contributed by atoms with Crippen LogP contribution in [0.1, 0.15) is 43.0 Å². The number of carbonyl (C=O) groups is 1. The molecule has 1 aliphatic rings. The van der Waals surface area contributed by atoms with Gasteiger partial charge in [-0.2, -0.15) is 0 Å². The summed E-state index contributed by atoms with van der Waals surface area (Å²) in [6.45, 7) is 2.14. The number of nitrogens with zero attached hydrogens (tertiary/aromatic N) is 1. The molecule has 1 fully saturated rings. The molecule has 0 spiro atoms. The number of ether oxygens (including phenoxy) is 1. The number of hydrogen-bond donors (Lipinski definition) is 1. The van der Waals surface area contributed by atoms with Crippen molar-refractivity contribution in [2.24, 2.45) is 5.92 Å². The first-order valence-electron chi connectivity index (χ1n) is 6.62. The molecular formula is C14H19FN2O2. The van der Waals surface area contributed by atoms with E-state index in [2.05, 4.69) is 17.2 Å². The molecular weight excluding hydrogens is 247 g/mol. The van der Waals surface area contributed by atoms with Gasteiger partial charge in [-0.1, -0.05) is 19.8 Å². The summed E-state index contributed by atoms with van der Waals surface area (Å²) in [7, 11) is 1.34. The SMILES string of the molecule is COc1ncc(C(=O)NC2CCCCC2C)cc1F. The Balaban J connectivity index is 2.05. The van der Waals surface area contributed by atoms with E-state index in [1.165, 1.54) is 19.7 Å². The van der Waals surface area contributed by atoms with Gasteiger partial charge in [-0.15, -0.1) is 0 Å². The lowest BCUT2D eigenvalue weighted by atomic mass is 9.86. The summed E-state index contributed by atoms with van der Waals surface area (Å²) in [5.41, 5.74) is 0.232. The number of amides is 1. The van der Waals surface area contributed by atoms with Gasteiger partial charge in [-0.25, -0.2) is 9.37 Å². The summed E-state index contributed by atoms with van der Waals surface area (Å²) in [6, 6.07) is 1.33. The zero-order valence-corrected chi connectivity index (χ0v) is 11.3. The molecule has 1 aromatic rings. The molecule has 0 aromatic carbocycles. The Morgan fingerprint density at radius 3 is 2.84 bits per heavy atom. The largest absolute Gasteiger partial charge is 0.479 e. The second-order valence-electron chi connectivity index (χ2n) is 5.06. The van der Waals surface area contributed by atoms with E-state index in [1.54, 1.807) is 0 Å². The Morgan fingerprint density at radius 2 is 2.21 bits per heavy atom. The molecule has 19 heavy (non-hydrogen) atoms. The van der Waals surface area contributed by atoms with Crippen LogP contribution in [-0.2, 0) is 0 Å². The minimum atomic E-state index is -0.619. The number of aromatic nitrogens is 1. The fraction of sp³-hybridized carbons (Fsp3) is 0.571. The number of nitrogens with one attached hydrogen (secondary N) is 1. The molecule has 2 rings (SSSR count). The van der Waals surface area contributed by atoms with Crippen LogP contribution < -0.4 is 10.1 Å². The molecule has 0 saturated heterocycles. The highest BCUT2D eigenvalue weighted by molar-refractivity contribution is 5.94. The minimum absolute atomic E-state index is 0.0948. The molecule has 1 N–H and O–H groups in total. The van der Waals surface area contributed by atoms with Gasteiger partial charge in [-0.3, -0.25) is 4.79 Å². The van der Waals surface area contributed by atoms with Gasteiger partial charge in [0, 0.05) is 12.2 Å². The molecule has 4 nitrogen and oxygen atoms in total. The third-order valence-corrected chi connectivity index (χ3v) is 3.69. The van der Waals surface area contributed by atoms with Crippen molar-refractivity contribution in [3.05, 3.63) is 23.6 Å². The first-order valence-corrected chi connectivity index (χ1v) is 6.62. The van der Waals surface area contributed by atoms with Gasteiger partial charge >= 0.3 is 0 Å². The normalized spacial score (nSPS) is 22.9. The molecule has 0 bridgehead atoms. The zero-order valence-electron chi connectivity index (χ0n) is 11.3. The van der Waals surface area contributed by atoms with Crippen LogP contribution >= 0.6 is 0 Å². The molecule has 1 aliphatic carbocycles. The predicted octanol–water partition coefficient (Wildman–Crippen LogP) is 2.54. The van der Waals surface area contributed by atoms with E-state index in [1.807, 2.05) is 0 Å². The van der Waals surface area contributed by atoms with Gasteiger partial charge < -0.3 is 10.1 Å². The number of pyridine rings is 1. The van der Waals surface area contributed by atoms with Gasteiger partial charge in [0.1, 0.15) is 0 Å². The maximum absolute atomic E-state index is 13.5. The van der Waals surface area contributed by atoms with E-state index in [-0.39, 0.29) is 23.4 Å². The second-order valence-corrected chi connectivity index (χ2v) is 5.06. The van der Waals surface area contributed by atoms with Gasteiger partial charge in [0.2, 0.25) is 5.88 Å². The summed E-state index contributed by atoms with van der Waals surface area (Å²) in [4.78, 5) is 15.8. The molecule has 104 valence electrons. The quantitative estimate of drug-likeness (QED) is 0.914. The van der Waals surface area contributed by atoms with Crippen LogP contribution in [0.2, 0.25) is 0 Å². The molecule has 5 heteroatoms. The standard InChI is InChI=1S/C14H19FN2O2/c1-9-5-3-4-6-12(9)17-13(18)10-7-11(15)14(19-2)16-8-10/h7-9,12H,3-6H2,1-2H3,(H,17,18). The summed E-state index contributed by atoms with van der Waals surface area (Å²) in [6.07, 6.45) is 5.79. The predicted molar refractivity (Wildman–Crippen MR) is 69.6 cm³/mol.